The minimum absolute atomic E-state index is 0.182. The fourth-order valence-corrected chi connectivity index (χ4v) is 3.79. The Morgan fingerprint density at radius 1 is 0.923 bits per heavy atom. The summed E-state index contributed by atoms with van der Waals surface area (Å²) in [5.41, 5.74) is 0. The number of hydrogen-bond donors (Lipinski definition) is 2. The number of hydrogen-bond acceptors (Lipinski definition) is 6. The van der Waals surface area contributed by atoms with E-state index in [2.05, 4.69) is 6.92 Å². The highest BCUT2D eigenvalue weighted by molar-refractivity contribution is 4.96. The molecule has 2 aliphatic heterocycles. The van der Waals surface area contributed by atoms with Crippen LogP contribution in [0.1, 0.15) is 71.1 Å². The van der Waals surface area contributed by atoms with Crippen molar-refractivity contribution in [3.05, 3.63) is 0 Å². The van der Waals surface area contributed by atoms with E-state index in [1.54, 1.807) is 0 Å². The lowest BCUT2D eigenvalue weighted by Gasteiger charge is -2.34. The zero-order chi connectivity index (χ0) is 18.7. The van der Waals surface area contributed by atoms with Crippen LogP contribution in [-0.2, 0) is 18.9 Å². The van der Waals surface area contributed by atoms with Gasteiger partial charge in [-0.15, -0.1) is 0 Å². The van der Waals surface area contributed by atoms with Crippen LogP contribution in [0.4, 0.5) is 0 Å². The largest absolute Gasteiger partial charge is 0.391 e. The highest BCUT2D eigenvalue weighted by Crippen LogP contribution is 2.33. The number of aliphatic hydroxyl groups excluding tert-OH is 2. The zero-order valence-corrected chi connectivity index (χ0v) is 16.4. The summed E-state index contributed by atoms with van der Waals surface area (Å²) in [6.07, 6.45) is 10.9. The molecule has 0 aromatic rings. The predicted molar refractivity (Wildman–Crippen MR) is 99.1 cm³/mol. The Hall–Kier alpha value is -0.240. The van der Waals surface area contributed by atoms with Crippen LogP contribution in [0, 0.1) is 0 Å². The van der Waals surface area contributed by atoms with Crippen molar-refractivity contribution in [2.75, 3.05) is 33.0 Å². The zero-order valence-electron chi connectivity index (χ0n) is 16.4. The van der Waals surface area contributed by atoms with Gasteiger partial charge in [-0.25, -0.2) is 0 Å². The van der Waals surface area contributed by atoms with Gasteiger partial charge < -0.3 is 29.2 Å². The van der Waals surface area contributed by atoms with Crippen LogP contribution in [0.2, 0.25) is 0 Å². The van der Waals surface area contributed by atoms with E-state index in [4.69, 9.17) is 18.9 Å². The minimum atomic E-state index is -1.19. The van der Waals surface area contributed by atoms with Gasteiger partial charge in [0.15, 0.2) is 0 Å². The standard InChI is InChI=1S/C20H38O6/c1-2-3-4-5-6-7-8-9-10-11-12-23-18-17(22)15-24-19(18)20(16-21)25-13-14-26-20/h17-19,21-22H,2-16H2,1H3/t17-,18+,19-/m0/s1. The van der Waals surface area contributed by atoms with Crippen molar-refractivity contribution in [1.29, 1.82) is 0 Å². The Kier molecular flexibility index (Phi) is 10.4. The molecule has 0 spiro atoms. The topological polar surface area (TPSA) is 77.4 Å². The summed E-state index contributed by atoms with van der Waals surface area (Å²) >= 11 is 0. The quantitative estimate of drug-likeness (QED) is 0.455. The summed E-state index contributed by atoms with van der Waals surface area (Å²) in [4.78, 5) is 0. The molecule has 0 aromatic heterocycles. The maximum absolute atomic E-state index is 10.1. The van der Waals surface area contributed by atoms with E-state index in [1.165, 1.54) is 51.4 Å². The molecule has 2 aliphatic rings. The van der Waals surface area contributed by atoms with Crippen molar-refractivity contribution in [3.8, 4) is 0 Å². The molecule has 0 amide bonds. The Labute approximate surface area is 158 Å². The van der Waals surface area contributed by atoms with Gasteiger partial charge in [-0.2, -0.15) is 0 Å². The van der Waals surface area contributed by atoms with Gasteiger partial charge in [0, 0.05) is 6.61 Å². The third-order valence-corrected chi connectivity index (χ3v) is 5.36. The summed E-state index contributed by atoms with van der Waals surface area (Å²) in [7, 11) is 0. The van der Waals surface area contributed by atoms with Crippen LogP contribution in [0.15, 0.2) is 0 Å². The van der Waals surface area contributed by atoms with E-state index < -0.39 is 24.1 Å². The first kappa shape index (κ1) is 22.1. The Morgan fingerprint density at radius 2 is 1.50 bits per heavy atom. The molecule has 2 rings (SSSR count). The van der Waals surface area contributed by atoms with Crippen molar-refractivity contribution in [2.45, 2.75) is 95.2 Å². The van der Waals surface area contributed by atoms with Gasteiger partial charge in [-0.1, -0.05) is 64.7 Å². The Bertz CT molecular complexity index is 358. The van der Waals surface area contributed by atoms with E-state index in [9.17, 15) is 10.2 Å². The van der Waals surface area contributed by atoms with Crippen molar-refractivity contribution >= 4 is 0 Å². The number of ether oxygens (including phenoxy) is 4. The van der Waals surface area contributed by atoms with Crippen LogP contribution in [-0.4, -0.2) is 67.3 Å². The second-order valence-corrected chi connectivity index (χ2v) is 7.51. The lowest BCUT2D eigenvalue weighted by Crippen LogP contribution is -2.53. The second-order valence-electron chi connectivity index (χ2n) is 7.51. The highest BCUT2D eigenvalue weighted by atomic mass is 16.8. The third kappa shape index (κ3) is 6.43. The van der Waals surface area contributed by atoms with Crippen molar-refractivity contribution in [3.63, 3.8) is 0 Å². The predicted octanol–water partition coefficient (Wildman–Crippen LogP) is 2.79. The van der Waals surface area contributed by atoms with Crippen molar-refractivity contribution in [1.82, 2.24) is 0 Å². The summed E-state index contributed by atoms with van der Waals surface area (Å²) in [6, 6.07) is 0. The molecule has 2 N–H and O–H groups in total. The second kappa shape index (κ2) is 12.3. The van der Waals surface area contributed by atoms with E-state index in [0.29, 0.717) is 19.8 Å². The molecular weight excluding hydrogens is 336 g/mol. The molecule has 0 radical (unpaired) electrons. The highest BCUT2D eigenvalue weighted by Gasteiger charge is 2.54. The Morgan fingerprint density at radius 3 is 2.08 bits per heavy atom. The van der Waals surface area contributed by atoms with Gasteiger partial charge in [0.05, 0.1) is 19.8 Å². The molecule has 0 aromatic carbocycles. The lowest BCUT2D eigenvalue weighted by atomic mass is 10.0. The minimum Gasteiger partial charge on any atom is -0.391 e. The fourth-order valence-electron chi connectivity index (χ4n) is 3.79. The molecule has 3 atom stereocenters. The first-order valence-corrected chi connectivity index (χ1v) is 10.5. The monoisotopic (exact) mass is 374 g/mol. The number of rotatable bonds is 14. The normalized spacial score (nSPS) is 28.0. The Balaban J connectivity index is 1.56. The first-order valence-electron chi connectivity index (χ1n) is 10.5. The molecular formula is C20H38O6. The van der Waals surface area contributed by atoms with Crippen LogP contribution in [0.3, 0.4) is 0 Å². The van der Waals surface area contributed by atoms with Gasteiger partial charge in [-0.05, 0) is 6.42 Å². The maximum Gasteiger partial charge on any atom is 0.221 e. The fraction of sp³-hybridized carbons (Fsp3) is 1.00. The van der Waals surface area contributed by atoms with Crippen LogP contribution < -0.4 is 0 Å². The molecule has 6 nitrogen and oxygen atoms in total. The lowest BCUT2D eigenvalue weighted by molar-refractivity contribution is -0.258. The summed E-state index contributed by atoms with van der Waals surface area (Å²) < 4.78 is 22.7. The van der Waals surface area contributed by atoms with E-state index >= 15 is 0 Å². The molecule has 154 valence electrons. The van der Waals surface area contributed by atoms with Gasteiger partial charge in [0.25, 0.3) is 0 Å². The van der Waals surface area contributed by atoms with Crippen molar-refractivity contribution < 1.29 is 29.2 Å². The molecule has 0 saturated carbocycles. The van der Waals surface area contributed by atoms with Gasteiger partial charge in [-0.3, -0.25) is 0 Å². The summed E-state index contributed by atoms with van der Waals surface area (Å²) in [6.45, 7) is 3.55. The number of aliphatic hydroxyl groups is 2. The van der Waals surface area contributed by atoms with Crippen molar-refractivity contribution in [2.24, 2.45) is 0 Å². The molecule has 0 unspecified atom stereocenters. The molecule has 0 aliphatic carbocycles. The molecule has 26 heavy (non-hydrogen) atoms. The van der Waals surface area contributed by atoms with Gasteiger partial charge >= 0.3 is 0 Å². The van der Waals surface area contributed by atoms with Gasteiger partial charge in [0.1, 0.15) is 24.9 Å². The van der Waals surface area contributed by atoms with Crippen LogP contribution in [0.5, 0.6) is 0 Å². The van der Waals surface area contributed by atoms with E-state index in [0.717, 1.165) is 12.8 Å². The molecule has 0 bridgehead atoms. The summed E-state index contributed by atoms with van der Waals surface area (Å²) in [5, 5.41) is 19.8. The van der Waals surface area contributed by atoms with Crippen LogP contribution in [0.25, 0.3) is 0 Å². The first-order chi connectivity index (χ1) is 12.7. The molecule has 6 heteroatoms. The van der Waals surface area contributed by atoms with E-state index in [1.807, 2.05) is 0 Å². The molecule has 2 saturated heterocycles. The smallest absolute Gasteiger partial charge is 0.221 e. The molecule has 2 fully saturated rings. The average molecular weight is 375 g/mol. The van der Waals surface area contributed by atoms with E-state index in [-0.39, 0.29) is 13.2 Å². The maximum atomic E-state index is 10.1. The SMILES string of the molecule is CCCCCCCCCCCCO[C@@H]1[C@@H](O)CO[C@@H]1C1(CO)OCCO1. The molecule has 2 heterocycles. The summed E-state index contributed by atoms with van der Waals surface area (Å²) in [5.74, 6) is -1.19. The van der Waals surface area contributed by atoms with Gasteiger partial charge in [0.2, 0.25) is 5.79 Å². The van der Waals surface area contributed by atoms with Crippen LogP contribution >= 0.6 is 0 Å². The third-order valence-electron chi connectivity index (χ3n) is 5.36. The average Bonchev–Trinajstić information content (AvgIpc) is 3.27. The number of unbranched alkanes of at least 4 members (excludes halogenated alkanes) is 9.